The Morgan fingerprint density at radius 2 is 2.06 bits per heavy atom. The number of unbranched alkanes of at least 4 members (excludes halogenated alkanes) is 2. The molecule has 0 atom stereocenters. The van der Waals surface area contributed by atoms with E-state index in [9.17, 15) is 4.79 Å². The van der Waals surface area contributed by atoms with Crippen LogP contribution in [0.5, 0.6) is 0 Å². The molecule has 1 N–H and O–H groups in total. The summed E-state index contributed by atoms with van der Waals surface area (Å²) >= 11 is 0. The van der Waals surface area contributed by atoms with E-state index >= 15 is 0 Å². The van der Waals surface area contributed by atoms with Crippen molar-refractivity contribution >= 4 is 5.97 Å². The molecule has 4 heteroatoms. The molecule has 0 saturated heterocycles. The second kappa shape index (κ2) is 6.03. The molecule has 2 rings (SSSR count). The number of carboxylic acids is 1. The maximum atomic E-state index is 10.4. The van der Waals surface area contributed by atoms with Crippen LogP contribution in [0.1, 0.15) is 55.7 Å². The second-order valence-corrected chi connectivity index (χ2v) is 5.12. The highest BCUT2D eigenvalue weighted by molar-refractivity contribution is 5.66. The number of hydrogen-bond donors (Lipinski definition) is 1. The maximum absolute atomic E-state index is 10.4. The highest BCUT2D eigenvalue weighted by Gasteiger charge is 2.17. The lowest BCUT2D eigenvalue weighted by Crippen LogP contribution is -2.09. The van der Waals surface area contributed by atoms with Crippen LogP contribution in [0.15, 0.2) is 0 Å². The molecule has 0 aliphatic heterocycles. The number of aryl methyl sites for hydroxylation is 2. The van der Waals surface area contributed by atoms with Crippen molar-refractivity contribution < 1.29 is 9.90 Å². The van der Waals surface area contributed by atoms with E-state index in [4.69, 9.17) is 5.11 Å². The first kappa shape index (κ1) is 13.1. The van der Waals surface area contributed by atoms with Crippen molar-refractivity contribution in [2.45, 2.75) is 64.8 Å². The molecule has 0 fully saturated rings. The summed E-state index contributed by atoms with van der Waals surface area (Å²) in [4.78, 5) is 15.1. The quantitative estimate of drug-likeness (QED) is 0.790. The summed E-state index contributed by atoms with van der Waals surface area (Å²) in [6, 6.07) is 0. The minimum absolute atomic E-state index is 0.293. The average Bonchev–Trinajstić information content (AvgIpc) is 2.65. The molecule has 0 unspecified atom stereocenters. The molecule has 0 saturated carbocycles. The van der Waals surface area contributed by atoms with Gasteiger partial charge in [-0.25, -0.2) is 4.98 Å². The van der Waals surface area contributed by atoms with Gasteiger partial charge in [0, 0.05) is 18.7 Å². The van der Waals surface area contributed by atoms with Crippen molar-refractivity contribution in [3.8, 4) is 0 Å². The van der Waals surface area contributed by atoms with Crippen molar-refractivity contribution in [2.24, 2.45) is 0 Å². The van der Waals surface area contributed by atoms with Crippen molar-refractivity contribution in [2.75, 3.05) is 0 Å². The van der Waals surface area contributed by atoms with Crippen LogP contribution in [0, 0.1) is 6.92 Å². The SMILES string of the molecule is Cc1nc2c(n1CCCCCC(=O)O)CCCC2. The van der Waals surface area contributed by atoms with Gasteiger partial charge in [-0.3, -0.25) is 4.79 Å². The average molecular weight is 250 g/mol. The lowest BCUT2D eigenvalue weighted by molar-refractivity contribution is -0.137. The lowest BCUT2D eigenvalue weighted by atomic mass is 10.0. The number of carboxylic acid groups (broad SMARTS) is 1. The molecule has 0 radical (unpaired) electrons. The minimum atomic E-state index is -0.689. The molecular formula is C14H22N2O2. The highest BCUT2D eigenvalue weighted by Crippen LogP contribution is 2.22. The van der Waals surface area contributed by atoms with Crippen LogP contribution in [0.25, 0.3) is 0 Å². The van der Waals surface area contributed by atoms with Crippen molar-refractivity contribution in [1.82, 2.24) is 9.55 Å². The number of rotatable bonds is 6. The molecule has 4 nitrogen and oxygen atoms in total. The van der Waals surface area contributed by atoms with E-state index in [1.165, 1.54) is 24.2 Å². The Morgan fingerprint density at radius 1 is 1.28 bits per heavy atom. The van der Waals surface area contributed by atoms with E-state index in [-0.39, 0.29) is 0 Å². The fourth-order valence-corrected chi connectivity index (χ4v) is 2.76. The smallest absolute Gasteiger partial charge is 0.303 e. The number of nitrogens with zero attached hydrogens (tertiary/aromatic N) is 2. The van der Waals surface area contributed by atoms with Crippen molar-refractivity contribution in [3.05, 3.63) is 17.2 Å². The highest BCUT2D eigenvalue weighted by atomic mass is 16.4. The monoisotopic (exact) mass is 250 g/mol. The van der Waals surface area contributed by atoms with Gasteiger partial charge in [0.25, 0.3) is 0 Å². The van der Waals surface area contributed by atoms with E-state index in [2.05, 4.69) is 16.5 Å². The van der Waals surface area contributed by atoms with Crippen LogP contribution in [0.3, 0.4) is 0 Å². The molecule has 0 spiro atoms. The number of carbonyl (C=O) groups is 1. The fraction of sp³-hybridized carbons (Fsp3) is 0.714. The molecule has 0 bridgehead atoms. The number of aromatic nitrogens is 2. The van der Waals surface area contributed by atoms with Gasteiger partial charge in [-0.05, 0) is 45.4 Å². The first-order valence-electron chi connectivity index (χ1n) is 6.95. The van der Waals surface area contributed by atoms with E-state index < -0.39 is 5.97 Å². The third kappa shape index (κ3) is 3.12. The maximum Gasteiger partial charge on any atom is 0.303 e. The summed E-state index contributed by atoms with van der Waals surface area (Å²) in [5, 5.41) is 8.58. The molecule has 1 aliphatic rings. The molecule has 0 aromatic carbocycles. The van der Waals surface area contributed by atoms with Gasteiger partial charge in [0.1, 0.15) is 5.82 Å². The van der Waals surface area contributed by atoms with Crippen LogP contribution in [0.4, 0.5) is 0 Å². The lowest BCUT2D eigenvalue weighted by Gasteiger charge is -2.14. The molecule has 1 aromatic heterocycles. The third-order valence-electron chi connectivity index (χ3n) is 3.70. The van der Waals surface area contributed by atoms with E-state index in [1.807, 2.05) is 0 Å². The number of fused-ring (bicyclic) bond motifs is 1. The Balaban J connectivity index is 1.85. The zero-order valence-electron chi connectivity index (χ0n) is 11.1. The van der Waals surface area contributed by atoms with Gasteiger partial charge in [-0.2, -0.15) is 0 Å². The Kier molecular flexibility index (Phi) is 4.39. The Morgan fingerprint density at radius 3 is 2.83 bits per heavy atom. The normalized spacial score (nSPS) is 14.5. The van der Waals surface area contributed by atoms with Gasteiger partial charge < -0.3 is 9.67 Å². The Labute approximate surface area is 108 Å². The molecule has 0 amide bonds. The molecule has 1 heterocycles. The first-order chi connectivity index (χ1) is 8.68. The van der Waals surface area contributed by atoms with Gasteiger partial charge in [-0.1, -0.05) is 6.42 Å². The topological polar surface area (TPSA) is 55.1 Å². The number of aliphatic carboxylic acids is 1. The van der Waals surface area contributed by atoms with Crippen molar-refractivity contribution in [3.63, 3.8) is 0 Å². The standard InChI is InChI=1S/C14H22N2O2/c1-11-15-12-7-4-5-8-13(12)16(11)10-6-2-3-9-14(17)18/h2-10H2,1H3,(H,17,18). The summed E-state index contributed by atoms with van der Waals surface area (Å²) in [6.45, 7) is 3.07. The summed E-state index contributed by atoms with van der Waals surface area (Å²) in [7, 11) is 0. The Hall–Kier alpha value is -1.32. The summed E-state index contributed by atoms with van der Waals surface area (Å²) < 4.78 is 2.34. The molecule has 18 heavy (non-hydrogen) atoms. The van der Waals surface area contributed by atoms with Crippen LogP contribution >= 0.6 is 0 Å². The van der Waals surface area contributed by atoms with E-state index in [0.29, 0.717) is 6.42 Å². The van der Waals surface area contributed by atoms with Crippen LogP contribution < -0.4 is 0 Å². The molecule has 1 aliphatic carbocycles. The zero-order chi connectivity index (χ0) is 13.0. The third-order valence-corrected chi connectivity index (χ3v) is 3.70. The zero-order valence-corrected chi connectivity index (χ0v) is 11.1. The minimum Gasteiger partial charge on any atom is -0.481 e. The van der Waals surface area contributed by atoms with Crippen molar-refractivity contribution in [1.29, 1.82) is 0 Å². The largest absolute Gasteiger partial charge is 0.481 e. The Bertz CT molecular complexity index is 424. The van der Waals surface area contributed by atoms with Crippen LogP contribution in [-0.4, -0.2) is 20.6 Å². The van der Waals surface area contributed by atoms with Crippen LogP contribution in [-0.2, 0) is 24.2 Å². The predicted molar refractivity (Wildman–Crippen MR) is 69.7 cm³/mol. The second-order valence-electron chi connectivity index (χ2n) is 5.12. The fourth-order valence-electron chi connectivity index (χ4n) is 2.76. The van der Waals surface area contributed by atoms with E-state index in [0.717, 1.165) is 44.5 Å². The first-order valence-corrected chi connectivity index (χ1v) is 6.95. The number of hydrogen-bond acceptors (Lipinski definition) is 2. The van der Waals surface area contributed by atoms with Gasteiger partial charge in [-0.15, -0.1) is 0 Å². The molecule has 1 aromatic rings. The summed E-state index contributed by atoms with van der Waals surface area (Å²) in [5.41, 5.74) is 2.72. The van der Waals surface area contributed by atoms with Gasteiger partial charge in [0.05, 0.1) is 5.69 Å². The van der Waals surface area contributed by atoms with Gasteiger partial charge in [0.15, 0.2) is 0 Å². The summed E-state index contributed by atoms with van der Waals surface area (Å²) in [6.07, 6.45) is 7.94. The predicted octanol–water partition coefficient (Wildman–Crippen LogP) is 2.72. The summed E-state index contributed by atoms with van der Waals surface area (Å²) in [5.74, 6) is 0.436. The van der Waals surface area contributed by atoms with Gasteiger partial charge in [0.2, 0.25) is 0 Å². The number of imidazole rings is 1. The molecule has 100 valence electrons. The van der Waals surface area contributed by atoms with E-state index in [1.54, 1.807) is 0 Å². The van der Waals surface area contributed by atoms with Crippen LogP contribution in [0.2, 0.25) is 0 Å². The van der Waals surface area contributed by atoms with Gasteiger partial charge >= 0.3 is 5.97 Å². The molecular weight excluding hydrogens is 228 g/mol.